The van der Waals surface area contributed by atoms with E-state index in [4.69, 9.17) is 0 Å². The van der Waals surface area contributed by atoms with Crippen molar-refractivity contribution in [2.75, 3.05) is 7.05 Å². The second-order valence-corrected chi connectivity index (χ2v) is 3.43. The maximum atomic E-state index is 3.52. The lowest BCUT2D eigenvalue weighted by molar-refractivity contribution is 0.508. The first-order chi connectivity index (χ1) is 4.27. The molecule has 0 amide bonds. The predicted octanol–water partition coefficient (Wildman–Crippen LogP) is 0.0987. The maximum absolute atomic E-state index is 3.52. The molecule has 0 aromatic rings. The highest BCUT2D eigenvalue weighted by Crippen LogP contribution is 2.44. The van der Waals surface area contributed by atoms with Crippen molar-refractivity contribution in [2.45, 2.75) is 37.4 Å². The van der Waals surface area contributed by atoms with Crippen LogP contribution in [0.15, 0.2) is 0 Å². The fourth-order valence-corrected chi connectivity index (χ4v) is 2.08. The van der Waals surface area contributed by atoms with Crippen LogP contribution in [-0.2, 0) is 0 Å². The fourth-order valence-electron chi connectivity index (χ4n) is 2.08. The lowest BCUT2D eigenvalue weighted by Gasteiger charge is -2.10. The van der Waals surface area contributed by atoms with Gasteiger partial charge in [0.15, 0.2) is 0 Å². The molecule has 2 nitrogen and oxygen atoms in total. The smallest absolute Gasteiger partial charge is 0.0363 e. The van der Waals surface area contributed by atoms with E-state index in [0.29, 0.717) is 5.54 Å². The number of nitrogens with one attached hydrogen (secondary N) is 2. The molecular weight excluding hydrogens is 112 g/mol. The van der Waals surface area contributed by atoms with Crippen molar-refractivity contribution in [3.05, 3.63) is 0 Å². The molecule has 2 N–H and O–H groups in total. The summed E-state index contributed by atoms with van der Waals surface area (Å²) in [6, 6.07) is 1.52. The molecule has 0 aromatic heterocycles. The van der Waals surface area contributed by atoms with Crippen LogP contribution in [0.5, 0.6) is 0 Å². The van der Waals surface area contributed by atoms with Gasteiger partial charge < -0.3 is 10.6 Å². The summed E-state index contributed by atoms with van der Waals surface area (Å²) in [5.74, 6) is 0. The molecule has 2 fully saturated rings. The minimum absolute atomic E-state index is 0.513. The lowest BCUT2D eigenvalue weighted by Crippen LogP contribution is -2.28. The van der Waals surface area contributed by atoms with Gasteiger partial charge in [0.05, 0.1) is 0 Å². The van der Waals surface area contributed by atoms with Gasteiger partial charge in [0.25, 0.3) is 0 Å². The zero-order chi connectivity index (χ0) is 6.48. The van der Waals surface area contributed by atoms with Crippen molar-refractivity contribution in [1.29, 1.82) is 0 Å². The van der Waals surface area contributed by atoms with Crippen molar-refractivity contribution in [1.82, 2.24) is 10.6 Å². The van der Waals surface area contributed by atoms with Crippen LogP contribution in [0.3, 0.4) is 0 Å². The molecule has 0 spiro atoms. The van der Waals surface area contributed by atoms with Crippen LogP contribution in [0, 0.1) is 0 Å². The first-order valence-electron chi connectivity index (χ1n) is 3.72. The van der Waals surface area contributed by atoms with Gasteiger partial charge in [0, 0.05) is 17.6 Å². The van der Waals surface area contributed by atoms with E-state index < -0.39 is 0 Å². The average molecular weight is 126 g/mol. The third kappa shape index (κ3) is 0.634. The molecule has 1 saturated carbocycles. The van der Waals surface area contributed by atoms with Gasteiger partial charge in [-0.2, -0.15) is 0 Å². The van der Waals surface area contributed by atoms with E-state index in [-0.39, 0.29) is 0 Å². The Kier molecular flexibility index (Phi) is 0.945. The fraction of sp³-hybridized carbons (Fsp3) is 1.00. The number of hydrogen-bond donors (Lipinski definition) is 2. The molecule has 1 heterocycles. The third-order valence-electron chi connectivity index (χ3n) is 2.73. The summed E-state index contributed by atoms with van der Waals surface area (Å²) in [4.78, 5) is 0. The van der Waals surface area contributed by atoms with Gasteiger partial charge >= 0.3 is 0 Å². The molecule has 1 saturated heterocycles. The van der Waals surface area contributed by atoms with Gasteiger partial charge in [-0.25, -0.2) is 0 Å². The predicted molar refractivity (Wildman–Crippen MR) is 37.4 cm³/mol. The summed E-state index contributed by atoms with van der Waals surface area (Å²) in [5, 5.41) is 6.90. The normalized spacial score (nSPS) is 55.3. The molecule has 0 bridgehead atoms. The molecule has 2 aliphatic rings. The first-order valence-corrected chi connectivity index (χ1v) is 3.72. The second-order valence-electron chi connectivity index (χ2n) is 3.43. The van der Waals surface area contributed by atoms with Crippen LogP contribution in [0.2, 0.25) is 0 Å². The average Bonchev–Trinajstić information content (AvgIpc) is 2.38. The van der Waals surface area contributed by atoms with Gasteiger partial charge in [-0.1, -0.05) is 0 Å². The van der Waals surface area contributed by atoms with Gasteiger partial charge in [-0.15, -0.1) is 0 Å². The summed E-state index contributed by atoms with van der Waals surface area (Å²) in [7, 11) is 2.07. The minimum atomic E-state index is 0.513. The van der Waals surface area contributed by atoms with Crippen molar-refractivity contribution < 1.29 is 0 Å². The maximum Gasteiger partial charge on any atom is 0.0363 e. The Bertz CT molecular complexity index is 131. The van der Waals surface area contributed by atoms with Crippen LogP contribution in [-0.4, -0.2) is 24.7 Å². The summed E-state index contributed by atoms with van der Waals surface area (Å²) in [6.45, 7) is 2.26. The molecule has 3 atom stereocenters. The standard InChI is InChI=1S/C7H14N2/c1-5-3-7(8-2)4-6(7)9-5/h5-6,8-9H,3-4H2,1-2H3/t5?,6-,7-/m0/s1. The van der Waals surface area contributed by atoms with Crippen molar-refractivity contribution in [3.63, 3.8) is 0 Å². The lowest BCUT2D eigenvalue weighted by atomic mass is 10.1. The molecular formula is C7H14N2. The van der Waals surface area contributed by atoms with E-state index in [1.807, 2.05) is 0 Å². The molecule has 9 heavy (non-hydrogen) atoms. The highest BCUT2D eigenvalue weighted by atomic mass is 15.2. The Labute approximate surface area is 56.0 Å². The van der Waals surface area contributed by atoms with Gasteiger partial charge in [-0.05, 0) is 26.8 Å². The van der Waals surface area contributed by atoms with E-state index in [1.165, 1.54) is 12.8 Å². The van der Waals surface area contributed by atoms with E-state index in [1.54, 1.807) is 0 Å². The molecule has 1 aliphatic carbocycles. The number of likely N-dealkylation sites (N-methyl/N-ethyl adjacent to an activating group) is 1. The van der Waals surface area contributed by atoms with Gasteiger partial charge in [-0.3, -0.25) is 0 Å². The Morgan fingerprint density at radius 1 is 1.56 bits per heavy atom. The van der Waals surface area contributed by atoms with E-state index in [9.17, 15) is 0 Å². The summed E-state index contributed by atoms with van der Waals surface area (Å²) in [5.41, 5.74) is 0.513. The van der Waals surface area contributed by atoms with Crippen LogP contribution in [0.4, 0.5) is 0 Å². The van der Waals surface area contributed by atoms with E-state index in [0.717, 1.165) is 12.1 Å². The zero-order valence-corrected chi connectivity index (χ0v) is 6.07. The Morgan fingerprint density at radius 2 is 2.33 bits per heavy atom. The number of rotatable bonds is 1. The van der Waals surface area contributed by atoms with E-state index >= 15 is 0 Å². The van der Waals surface area contributed by atoms with Crippen LogP contribution >= 0.6 is 0 Å². The van der Waals surface area contributed by atoms with Crippen molar-refractivity contribution in [3.8, 4) is 0 Å². The molecule has 2 rings (SSSR count). The first kappa shape index (κ1) is 5.69. The molecule has 0 aromatic carbocycles. The number of hydrogen-bond acceptors (Lipinski definition) is 2. The Balaban J connectivity index is 2.05. The largest absolute Gasteiger partial charge is 0.313 e. The summed E-state index contributed by atoms with van der Waals surface area (Å²) >= 11 is 0. The SMILES string of the molecule is CN[C@]12CC(C)N[C@H]1C2. The Hall–Kier alpha value is -0.0800. The highest BCUT2D eigenvalue weighted by Gasteiger charge is 2.58. The van der Waals surface area contributed by atoms with Gasteiger partial charge in [0.2, 0.25) is 0 Å². The van der Waals surface area contributed by atoms with E-state index in [2.05, 4.69) is 24.6 Å². The number of piperidine rings is 1. The van der Waals surface area contributed by atoms with Crippen LogP contribution in [0.25, 0.3) is 0 Å². The number of fused-ring (bicyclic) bond motifs is 1. The van der Waals surface area contributed by atoms with Crippen LogP contribution in [0.1, 0.15) is 19.8 Å². The Morgan fingerprint density at radius 3 is 2.67 bits per heavy atom. The molecule has 2 heteroatoms. The zero-order valence-electron chi connectivity index (χ0n) is 6.07. The summed E-state index contributed by atoms with van der Waals surface area (Å²) in [6.07, 6.45) is 2.65. The van der Waals surface area contributed by atoms with Crippen molar-refractivity contribution in [2.24, 2.45) is 0 Å². The van der Waals surface area contributed by atoms with Crippen molar-refractivity contribution >= 4 is 0 Å². The van der Waals surface area contributed by atoms with Gasteiger partial charge in [0.1, 0.15) is 0 Å². The second kappa shape index (κ2) is 1.50. The molecule has 1 unspecified atom stereocenters. The monoisotopic (exact) mass is 126 g/mol. The third-order valence-corrected chi connectivity index (χ3v) is 2.73. The topological polar surface area (TPSA) is 24.1 Å². The minimum Gasteiger partial charge on any atom is -0.313 e. The highest BCUT2D eigenvalue weighted by molar-refractivity contribution is 5.21. The molecule has 0 radical (unpaired) electrons. The summed E-state index contributed by atoms with van der Waals surface area (Å²) < 4.78 is 0. The van der Waals surface area contributed by atoms with Crippen LogP contribution < -0.4 is 10.6 Å². The molecule has 52 valence electrons. The molecule has 1 aliphatic heterocycles. The quantitative estimate of drug-likeness (QED) is 0.520.